The summed E-state index contributed by atoms with van der Waals surface area (Å²) in [6.07, 6.45) is -3.99. The van der Waals surface area contributed by atoms with E-state index in [0.29, 0.717) is 10.2 Å². The topological polar surface area (TPSA) is 47.8 Å². The summed E-state index contributed by atoms with van der Waals surface area (Å²) in [5, 5.41) is 3.85. The Morgan fingerprint density at radius 3 is 2.54 bits per heavy atom. The molecule has 3 aromatic rings. The molecule has 1 heterocycles. The Hall–Kier alpha value is -2.30. The van der Waals surface area contributed by atoms with Crippen LogP contribution in [0.5, 0.6) is 0 Å². The number of hydrogen-bond donors (Lipinski definition) is 0. The predicted octanol–water partition coefficient (Wildman–Crippen LogP) is 4.46. The number of Topliss-reactive ketones (excluding diaryl/α,β-unsaturated/α-hetero) is 1. The number of nitrogens with zero attached hydrogens (tertiary/aromatic N) is 3. The molecule has 0 N–H and O–H groups in total. The lowest BCUT2D eigenvalue weighted by Gasteiger charge is -2.12. The fourth-order valence-corrected chi connectivity index (χ4v) is 3.08. The summed E-state index contributed by atoms with van der Waals surface area (Å²) >= 11 is 2.01. The van der Waals surface area contributed by atoms with Crippen LogP contribution in [0, 0.1) is 9.39 Å². The van der Waals surface area contributed by atoms with Crippen LogP contribution in [0.4, 0.5) is 17.6 Å². The third kappa shape index (κ3) is 3.76. The average Bonchev–Trinajstić information content (AvgIpc) is 3.02. The molecule has 1 aromatic heterocycles. The van der Waals surface area contributed by atoms with Gasteiger partial charge in [0.1, 0.15) is 17.8 Å². The van der Waals surface area contributed by atoms with Crippen molar-refractivity contribution >= 4 is 28.4 Å². The van der Waals surface area contributed by atoms with E-state index >= 15 is 0 Å². The molecule has 0 unspecified atom stereocenters. The zero-order chi connectivity index (χ0) is 18.9. The zero-order valence-corrected chi connectivity index (χ0v) is 15.1. The molecule has 2 aromatic carbocycles. The zero-order valence-electron chi connectivity index (χ0n) is 13.0. The van der Waals surface area contributed by atoms with Gasteiger partial charge in [0, 0.05) is 9.13 Å². The maximum Gasteiger partial charge on any atom is 0.418 e. The molecular weight excluding hydrogens is 465 g/mol. The lowest BCUT2D eigenvalue weighted by Crippen LogP contribution is -2.13. The van der Waals surface area contributed by atoms with Gasteiger partial charge in [0.25, 0.3) is 0 Å². The van der Waals surface area contributed by atoms with E-state index in [9.17, 15) is 22.4 Å². The maximum absolute atomic E-state index is 14.0. The van der Waals surface area contributed by atoms with E-state index in [4.69, 9.17) is 0 Å². The molecule has 3 rings (SSSR count). The first kappa shape index (κ1) is 18.5. The number of halogens is 5. The van der Waals surface area contributed by atoms with Crippen molar-refractivity contribution in [2.45, 2.75) is 12.6 Å². The summed E-state index contributed by atoms with van der Waals surface area (Å²) in [6, 6.07) is 9.52. The van der Waals surface area contributed by atoms with Crippen LogP contribution in [0.2, 0.25) is 0 Å². The molecule has 0 atom stereocenters. The normalized spacial score (nSPS) is 11.6. The number of aromatic nitrogens is 3. The first-order chi connectivity index (χ1) is 12.3. The number of alkyl halides is 3. The van der Waals surface area contributed by atoms with Gasteiger partial charge in [-0.25, -0.2) is 14.1 Å². The van der Waals surface area contributed by atoms with Gasteiger partial charge >= 0.3 is 6.18 Å². The number of carbonyl (C=O) groups excluding carboxylic acids is 1. The molecule has 0 spiro atoms. The van der Waals surface area contributed by atoms with Gasteiger partial charge in [-0.15, -0.1) is 0 Å². The number of ketones is 1. The minimum absolute atomic E-state index is 0.00558. The first-order valence-corrected chi connectivity index (χ1v) is 8.39. The summed E-state index contributed by atoms with van der Waals surface area (Å²) in [6.45, 7) is 0. The van der Waals surface area contributed by atoms with E-state index in [1.54, 1.807) is 24.3 Å². The van der Waals surface area contributed by atoms with E-state index in [2.05, 4.69) is 10.1 Å². The molecule has 0 radical (unpaired) electrons. The van der Waals surface area contributed by atoms with Gasteiger partial charge in [-0.1, -0.05) is 24.3 Å². The minimum Gasteiger partial charge on any atom is -0.294 e. The van der Waals surface area contributed by atoms with Crippen molar-refractivity contribution < 1.29 is 22.4 Å². The Bertz CT molecular complexity index is 969. The lowest BCUT2D eigenvalue weighted by atomic mass is 10.1. The molecule has 4 nitrogen and oxygen atoms in total. The summed E-state index contributed by atoms with van der Waals surface area (Å²) in [4.78, 5) is 16.2. The molecule has 0 fully saturated rings. The van der Waals surface area contributed by atoms with E-state index in [1.807, 2.05) is 22.6 Å². The largest absolute Gasteiger partial charge is 0.418 e. The minimum atomic E-state index is -4.75. The van der Waals surface area contributed by atoms with Crippen LogP contribution in [-0.2, 0) is 12.6 Å². The molecule has 0 aliphatic carbocycles. The van der Waals surface area contributed by atoms with Crippen molar-refractivity contribution in [3.63, 3.8) is 0 Å². The second kappa shape index (κ2) is 7.14. The van der Waals surface area contributed by atoms with Crippen molar-refractivity contribution in [2.75, 3.05) is 0 Å². The Kier molecular flexibility index (Phi) is 5.08. The summed E-state index contributed by atoms with van der Waals surface area (Å²) in [5.74, 6) is -1.36. The quantitative estimate of drug-likeness (QED) is 0.318. The van der Waals surface area contributed by atoms with Crippen molar-refractivity contribution in [1.82, 2.24) is 14.8 Å². The maximum atomic E-state index is 14.0. The standard InChI is InChI=1S/C17H10F4IN3O/c18-12-6-3-5-11(17(19,20)21)16(12)25-9-23-15(24-25)8-14(26)10-4-1-2-7-13(10)22/h1-7,9H,8H2. The van der Waals surface area contributed by atoms with Crippen molar-refractivity contribution in [3.05, 3.63) is 75.1 Å². The third-order valence-electron chi connectivity index (χ3n) is 3.55. The number of rotatable bonds is 4. The van der Waals surface area contributed by atoms with E-state index < -0.39 is 23.2 Å². The van der Waals surface area contributed by atoms with Crippen LogP contribution in [0.15, 0.2) is 48.8 Å². The number of hydrogen-bond acceptors (Lipinski definition) is 3. The molecule has 26 heavy (non-hydrogen) atoms. The summed E-state index contributed by atoms with van der Waals surface area (Å²) < 4.78 is 54.8. The van der Waals surface area contributed by atoms with Gasteiger partial charge in [-0.05, 0) is 40.8 Å². The Balaban J connectivity index is 1.92. The smallest absolute Gasteiger partial charge is 0.294 e. The average molecular weight is 475 g/mol. The van der Waals surface area contributed by atoms with Crippen LogP contribution >= 0.6 is 22.6 Å². The molecule has 0 saturated carbocycles. The van der Waals surface area contributed by atoms with Crippen LogP contribution < -0.4 is 0 Å². The molecule has 0 aliphatic heterocycles. The van der Waals surface area contributed by atoms with Crippen LogP contribution in [-0.4, -0.2) is 20.5 Å². The van der Waals surface area contributed by atoms with Crippen LogP contribution in [0.1, 0.15) is 21.7 Å². The summed E-state index contributed by atoms with van der Waals surface area (Å²) in [5.41, 5.74) is -1.45. The number of para-hydroxylation sites is 1. The first-order valence-electron chi connectivity index (χ1n) is 7.31. The SMILES string of the molecule is O=C(Cc1ncn(-c2c(F)cccc2C(F)(F)F)n1)c1ccccc1I. The monoisotopic (exact) mass is 475 g/mol. The number of carbonyl (C=O) groups is 1. The Morgan fingerprint density at radius 1 is 1.12 bits per heavy atom. The third-order valence-corrected chi connectivity index (χ3v) is 4.49. The van der Waals surface area contributed by atoms with Crippen molar-refractivity contribution in [1.29, 1.82) is 0 Å². The van der Waals surface area contributed by atoms with Crippen LogP contribution in [0.3, 0.4) is 0 Å². The second-order valence-electron chi connectivity index (χ2n) is 5.32. The van der Waals surface area contributed by atoms with Gasteiger partial charge in [0.05, 0.1) is 12.0 Å². The summed E-state index contributed by atoms with van der Waals surface area (Å²) in [7, 11) is 0. The van der Waals surface area contributed by atoms with Gasteiger partial charge in [-0.3, -0.25) is 4.79 Å². The van der Waals surface area contributed by atoms with Gasteiger partial charge in [-0.2, -0.15) is 18.3 Å². The molecule has 134 valence electrons. The van der Waals surface area contributed by atoms with Crippen molar-refractivity contribution in [3.8, 4) is 5.69 Å². The van der Waals surface area contributed by atoms with Gasteiger partial charge in [0.15, 0.2) is 11.6 Å². The molecular formula is C17H10F4IN3O. The van der Waals surface area contributed by atoms with E-state index in [1.165, 1.54) is 0 Å². The van der Waals surface area contributed by atoms with Crippen LogP contribution in [0.25, 0.3) is 5.69 Å². The predicted molar refractivity (Wildman–Crippen MR) is 93.5 cm³/mol. The van der Waals surface area contributed by atoms with E-state index in [-0.39, 0.29) is 18.0 Å². The lowest BCUT2D eigenvalue weighted by molar-refractivity contribution is -0.137. The highest BCUT2D eigenvalue weighted by atomic mass is 127. The number of benzene rings is 2. The Morgan fingerprint density at radius 2 is 1.85 bits per heavy atom. The fraction of sp³-hybridized carbons (Fsp3) is 0.118. The second-order valence-corrected chi connectivity index (χ2v) is 6.48. The highest BCUT2D eigenvalue weighted by molar-refractivity contribution is 14.1. The highest BCUT2D eigenvalue weighted by Gasteiger charge is 2.35. The Labute approximate surface area is 159 Å². The highest BCUT2D eigenvalue weighted by Crippen LogP contribution is 2.34. The molecule has 9 heteroatoms. The molecule has 0 aliphatic rings. The fourth-order valence-electron chi connectivity index (χ4n) is 2.39. The van der Waals surface area contributed by atoms with E-state index in [0.717, 1.165) is 28.1 Å². The van der Waals surface area contributed by atoms with Gasteiger partial charge in [0.2, 0.25) is 0 Å². The van der Waals surface area contributed by atoms with Crippen molar-refractivity contribution in [2.24, 2.45) is 0 Å². The molecule has 0 amide bonds. The molecule has 0 bridgehead atoms. The van der Waals surface area contributed by atoms with Gasteiger partial charge < -0.3 is 0 Å². The molecule has 0 saturated heterocycles.